The molecule has 0 saturated heterocycles. The van der Waals surface area contributed by atoms with Gasteiger partial charge in [0.15, 0.2) is 5.76 Å². The highest BCUT2D eigenvalue weighted by atomic mass is 16.5. The first kappa shape index (κ1) is 19.5. The molecule has 5 heteroatoms. The van der Waals surface area contributed by atoms with Gasteiger partial charge in [-0.2, -0.15) is 0 Å². The van der Waals surface area contributed by atoms with Crippen LogP contribution in [0.3, 0.4) is 0 Å². The number of carbonyl (C=O) groups is 1. The molecule has 0 radical (unpaired) electrons. The molecule has 30 heavy (non-hydrogen) atoms. The minimum absolute atomic E-state index is 0.205. The van der Waals surface area contributed by atoms with Crippen molar-refractivity contribution in [2.45, 2.75) is 13.8 Å². The Balaban J connectivity index is 1.64. The predicted molar refractivity (Wildman–Crippen MR) is 118 cm³/mol. The first-order chi connectivity index (χ1) is 14.6. The lowest BCUT2D eigenvalue weighted by molar-refractivity contribution is 0.102. The minimum Gasteiger partial charge on any atom is -0.497 e. The van der Waals surface area contributed by atoms with Gasteiger partial charge in [0.2, 0.25) is 5.89 Å². The summed E-state index contributed by atoms with van der Waals surface area (Å²) in [5.41, 5.74) is 4.98. The van der Waals surface area contributed by atoms with Crippen LogP contribution in [0.5, 0.6) is 5.75 Å². The van der Waals surface area contributed by atoms with Gasteiger partial charge in [0.25, 0.3) is 5.91 Å². The summed E-state index contributed by atoms with van der Waals surface area (Å²) >= 11 is 0. The van der Waals surface area contributed by atoms with Crippen molar-refractivity contribution in [3.8, 4) is 28.5 Å². The van der Waals surface area contributed by atoms with Gasteiger partial charge in [-0.1, -0.05) is 24.3 Å². The summed E-state index contributed by atoms with van der Waals surface area (Å²) in [4.78, 5) is 17.4. The zero-order valence-corrected chi connectivity index (χ0v) is 17.1. The number of benzene rings is 3. The molecule has 0 atom stereocenters. The average molecular weight is 398 g/mol. The Morgan fingerprint density at radius 2 is 1.73 bits per heavy atom. The molecule has 1 heterocycles. The zero-order valence-electron chi connectivity index (χ0n) is 17.1. The van der Waals surface area contributed by atoms with Crippen molar-refractivity contribution in [1.29, 1.82) is 0 Å². The number of aromatic nitrogens is 1. The lowest BCUT2D eigenvalue weighted by Crippen LogP contribution is -2.14. The second-order valence-electron chi connectivity index (χ2n) is 7.01. The number of anilines is 1. The summed E-state index contributed by atoms with van der Waals surface area (Å²) < 4.78 is 11.2. The van der Waals surface area contributed by atoms with E-state index in [9.17, 15) is 4.79 Å². The highest BCUT2D eigenvalue weighted by Crippen LogP contribution is 2.30. The molecule has 0 fully saturated rings. The van der Waals surface area contributed by atoms with Crippen LogP contribution in [0, 0.1) is 13.8 Å². The number of amides is 1. The van der Waals surface area contributed by atoms with Crippen molar-refractivity contribution < 1.29 is 13.9 Å². The summed E-state index contributed by atoms with van der Waals surface area (Å²) in [6.07, 6.45) is 1.66. The maximum absolute atomic E-state index is 13.0. The molecular formula is C25H22N2O3. The Labute approximate surface area is 175 Å². The Kier molecular flexibility index (Phi) is 5.35. The fraction of sp³-hybridized carbons (Fsp3) is 0.120. The lowest BCUT2D eigenvalue weighted by Gasteiger charge is -2.12. The van der Waals surface area contributed by atoms with E-state index in [-0.39, 0.29) is 5.91 Å². The number of nitrogens with one attached hydrogen (secondary N) is 1. The molecule has 1 N–H and O–H groups in total. The largest absolute Gasteiger partial charge is 0.497 e. The van der Waals surface area contributed by atoms with Crippen molar-refractivity contribution in [1.82, 2.24) is 4.98 Å². The van der Waals surface area contributed by atoms with E-state index in [1.807, 2.05) is 74.5 Å². The molecule has 0 unspecified atom stereocenters. The van der Waals surface area contributed by atoms with Crippen LogP contribution >= 0.6 is 0 Å². The number of ether oxygens (including phenoxy) is 1. The standard InChI is InChI=1S/C25H22N2O3/c1-16-7-6-10-22(17(16)2)27-24(28)20-8-4-5-9-21(20)25-26-15-23(30-25)18-11-13-19(29-3)14-12-18/h4-15H,1-3H3,(H,27,28). The molecule has 0 aliphatic heterocycles. The Hall–Kier alpha value is -3.86. The normalized spacial score (nSPS) is 10.6. The topological polar surface area (TPSA) is 64.4 Å². The summed E-state index contributed by atoms with van der Waals surface area (Å²) in [6, 6.07) is 20.7. The summed E-state index contributed by atoms with van der Waals surface area (Å²) in [5, 5.41) is 3.01. The third-order valence-electron chi connectivity index (χ3n) is 5.14. The third-order valence-corrected chi connectivity index (χ3v) is 5.14. The number of methoxy groups -OCH3 is 1. The van der Waals surface area contributed by atoms with Crippen LogP contribution in [-0.2, 0) is 0 Å². The molecule has 0 saturated carbocycles. The smallest absolute Gasteiger partial charge is 0.256 e. The Bertz CT molecular complexity index is 1190. The SMILES string of the molecule is COc1ccc(-c2cnc(-c3ccccc3C(=O)Nc3cccc(C)c3C)o2)cc1. The highest BCUT2D eigenvalue weighted by molar-refractivity contribution is 6.08. The Morgan fingerprint density at radius 3 is 2.50 bits per heavy atom. The van der Waals surface area contributed by atoms with Gasteiger partial charge < -0.3 is 14.5 Å². The minimum atomic E-state index is -0.205. The number of nitrogens with zero attached hydrogens (tertiary/aromatic N) is 1. The molecule has 4 aromatic rings. The second kappa shape index (κ2) is 8.25. The first-order valence-electron chi connectivity index (χ1n) is 9.64. The van der Waals surface area contributed by atoms with Crippen LogP contribution < -0.4 is 10.1 Å². The molecule has 4 rings (SSSR count). The zero-order chi connectivity index (χ0) is 21.1. The maximum Gasteiger partial charge on any atom is 0.256 e. The average Bonchev–Trinajstić information content (AvgIpc) is 3.27. The molecule has 0 spiro atoms. The van der Waals surface area contributed by atoms with Crippen LogP contribution in [-0.4, -0.2) is 18.0 Å². The van der Waals surface area contributed by atoms with Crippen LogP contribution in [0.25, 0.3) is 22.8 Å². The van der Waals surface area contributed by atoms with E-state index in [2.05, 4.69) is 10.3 Å². The number of hydrogen-bond donors (Lipinski definition) is 1. The Morgan fingerprint density at radius 1 is 0.967 bits per heavy atom. The molecule has 150 valence electrons. The highest BCUT2D eigenvalue weighted by Gasteiger charge is 2.18. The van der Waals surface area contributed by atoms with E-state index in [0.29, 0.717) is 22.8 Å². The first-order valence-corrected chi connectivity index (χ1v) is 9.64. The van der Waals surface area contributed by atoms with Gasteiger partial charge in [0.05, 0.1) is 18.9 Å². The molecule has 0 bridgehead atoms. The number of oxazole rings is 1. The van der Waals surface area contributed by atoms with Gasteiger partial charge in [-0.25, -0.2) is 4.98 Å². The van der Waals surface area contributed by atoms with Gasteiger partial charge in [-0.15, -0.1) is 0 Å². The molecule has 5 nitrogen and oxygen atoms in total. The van der Waals surface area contributed by atoms with Crippen molar-refractivity contribution in [3.05, 3.63) is 89.6 Å². The third kappa shape index (κ3) is 3.82. The molecule has 0 aliphatic carbocycles. The van der Waals surface area contributed by atoms with E-state index in [1.54, 1.807) is 19.4 Å². The van der Waals surface area contributed by atoms with Gasteiger partial charge >= 0.3 is 0 Å². The molecule has 0 aliphatic rings. The van der Waals surface area contributed by atoms with Crippen molar-refractivity contribution in [2.75, 3.05) is 12.4 Å². The van der Waals surface area contributed by atoms with E-state index in [4.69, 9.17) is 9.15 Å². The van der Waals surface area contributed by atoms with Crippen LogP contribution in [0.4, 0.5) is 5.69 Å². The number of hydrogen-bond acceptors (Lipinski definition) is 4. The number of aryl methyl sites for hydroxylation is 1. The summed E-state index contributed by atoms with van der Waals surface area (Å²) in [6.45, 7) is 4.01. The van der Waals surface area contributed by atoms with Crippen molar-refractivity contribution in [3.63, 3.8) is 0 Å². The van der Waals surface area contributed by atoms with Crippen molar-refractivity contribution in [2.24, 2.45) is 0 Å². The number of rotatable bonds is 5. The van der Waals surface area contributed by atoms with Gasteiger partial charge in [0.1, 0.15) is 5.75 Å². The van der Waals surface area contributed by atoms with E-state index >= 15 is 0 Å². The monoisotopic (exact) mass is 398 g/mol. The predicted octanol–water partition coefficient (Wildman–Crippen LogP) is 5.89. The maximum atomic E-state index is 13.0. The van der Waals surface area contributed by atoms with Gasteiger partial charge in [-0.05, 0) is 67.4 Å². The van der Waals surface area contributed by atoms with Gasteiger partial charge in [-0.3, -0.25) is 4.79 Å². The summed E-state index contributed by atoms with van der Waals surface area (Å²) in [7, 11) is 1.63. The van der Waals surface area contributed by atoms with E-state index < -0.39 is 0 Å². The van der Waals surface area contributed by atoms with Crippen LogP contribution in [0.15, 0.2) is 77.3 Å². The lowest BCUT2D eigenvalue weighted by atomic mass is 10.1. The molecule has 1 amide bonds. The molecule has 1 aromatic heterocycles. The van der Waals surface area contributed by atoms with Crippen LogP contribution in [0.1, 0.15) is 21.5 Å². The van der Waals surface area contributed by atoms with Crippen LogP contribution in [0.2, 0.25) is 0 Å². The second-order valence-corrected chi connectivity index (χ2v) is 7.01. The van der Waals surface area contributed by atoms with E-state index in [0.717, 1.165) is 28.1 Å². The molecule has 3 aromatic carbocycles. The fourth-order valence-corrected chi connectivity index (χ4v) is 3.23. The number of carbonyl (C=O) groups excluding carboxylic acids is 1. The molecular weight excluding hydrogens is 376 g/mol. The van der Waals surface area contributed by atoms with Crippen molar-refractivity contribution >= 4 is 11.6 Å². The quantitative estimate of drug-likeness (QED) is 0.455. The fourth-order valence-electron chi connectivity index (χ4n) is 3.23. The summed E-state index contributed by atoms with van der Waals surface area (Å²) in [5.74, 6) is 1.58. The van der Waals surface area contributed by atoms with E-state index in [1.165, 1.54) is 0 Å². The van der Waals surface area contributed by atoms with Gasteiger partial charge in [0, 0.05) is 16.8 Å².